The van der Waals surface area contributed by atoms with Crippen molar-refractivity contribution in [1.29, 1.82) is 0 Å². The molecule has 2 aromatic rings. The van der Waals surface area contributed by atoms with Gasteiger partial charge in [-0.15, -0.1) is 0 Å². The molecule has 0 spiro atoms. The quantitative estimate of drug-likeness (QED) is 0.441. The highest BCUT2D eigenvalue weighted by atomic mass is 16.6. The summed E-state index contributed by atoms with van der Waals surface area (Å²) in [6.45, 7) is 3.93. The molecular weight excluding hydrogens is 390 g/mol. The Morgan fingerprint density at radius 2 is 1.70 bits per heavy atom. The lowest BCUT2D eigenvalue weighted by Crippen LogP contribution is -2.27. The van der Waals surface area contributed by atoms with E-state index in [1.807, 2.05) is 25.1 Å². The zero-order valence-electron chi connectivity index (χ0n) is 17.6. The van der Waals surface area contributed by atoms with E-state index in [0.29, 0.717) is 30.3 Å². The largest absolute Gasteiger partial charge is 0.495 e. The number of hydrogen-bond donors (Lipinski definition) is 1. The monoisotopic (exact) mass is 417 g/mol. The van der Waals surface area contributed by atoms with Crippen LogP contribution in [0.5, 0.6) is 17.2 Å². The van der Waals surface area contributed by atoms with E-state index >= 15 is 0 Å². The van der Waals surface area contributed by atoms with Crippen LogP contribution in [0.3, 0.4) is 0 Å². The summed E-state index contributed by atoms with van der Waals surface area (Å²) >= 11 is 0. The number of carbonyl (C=O) groups is 1. The van der Waals surface area contributed by atoms with Crippen molar-refractivity contribution in [2.75, 3.05) is 39.7 Å². The van der Waals surface area contributed by atoms with Crippen LogP contribution in [0.4, 0.5) is 11.4 Å². The maximum absolute atomic E-state index is 12.4. The molecule has 30 heavy (non-hydrogen) atoms. The van der Waals surface area contributed by atoms with Crippen molar-refractivity contribution in [3.63, 3.8) is 0 Å². The Bertz CT molecular complexity index is 887. The first-order valence-electron chi connectivity index (χ1n) is 9.47. The zero-order chi connectivity index (χ0) is 22.1. The molecule has 1 amide bonds. The summed E-state index contributed by atoms with van der Waals surface area (Å²) in [5.74, 6) is 1.43. The first-order chi connectivity index (χ1) is 14.4. The molecule has 0 heterocycles. The summed E-state index contributed by atoms with van der Waals surface area (Å²) in [6.07, 6.45) is 0.229. The maximum Gasteiger partial charge on any atom is 0.271 e. The van der Waals surface area contributed by atoms with Gasteiger partial charge in [-0.1, -0.05) is 13.0 Å². The van der Waals surface area contributed by atoms with Crippen molar-refractivity contribution in [2.24, 2.45) is 0 Å². The number of nitrogens with one attached hydrogen (secondary N) is 1. The Morgan fingerprint density at radius 1 is 1.03 bits per heavy atom. The second-order valence-electron chi connectivity index (χ2n) is 6.50. The Labute approximate surface area is 175 Å². The van der Waals surface area contributed by atoms with Crippen LogP contribution in [0.25, 0.3) is 0 Å². The van der Waals surface area contributed by atoms with Gasteiger partial charge < -0.3 is 19.5 Å². The van der Waals surface area contributed by atoms with Crippen LogP contribution in [0, 0.1) is 10.1 Å². The second-order valence-corrected chi connectivity index (χ2v) is 6.50. The minimum Gasteiger partial charge on any atom is -0.495 e. The smallest absolute Gasteiger partial charge is 0.271 e. The van der Waals surface area contributed by atoms with E-state index < -0.39 is 4.92 Å². The lowest BCUT2D eigenvalue weighted by Gasteiger charge is -2.21. The Kier molecular flexibility index (Phi) is 8.42. The van der Waals surface area contributed by atoms with Crippen LogP contribution in [0.1, 0.15) is 18.9 Å². The van der Waals surface area contributed by atoms with Crippen LogP contribution in [-0.4, -0.2) is 50.1 Å². The molecular formula is C21H27N3O6. The van der Waals surface area contributed by atoms with Crippen molar-refractivity contribution in [3.05, 3.63) is 52.1 Å². The average Bonchev–Trinajstić information content (AvgIpc) is 2.76. The molecule has 2 rings (SSSR count). The molecule has 0 aliphatic rings. The number of anilines is 1. The van der Waals surface area contributed by atoms with E-state index in [9.17, 15) is 14.9 Å². The molecule has 0 radical (unpaired) electrons. The number of non-ortho nitro benzene ring substituents is 1. The van der Waals surface area contributed by atoms with Gasteiger partial charge in [-0.25, -0.2) is 0 Å². The molecule has 0 aromatic heterocycles. The Hall–Kier alpha value is -3.33. The van der Waals surface area contributed by atoms with E-state index in [4.69, 9.17) is 14.2 Å². The maximum atomic E-state index is 12.4. The molecule has 0 aliphatic carbocycles. The highest BCUT2D eigenvalue weighted by molar-refractivity contribution is 5.92. The highest BCUT2D eigenvalue weighted by Crippen LogP contribution is 2.29. The predicted octanol–water partition coefficient (Wildman–Crippen LogP) is 3.47. The minimum atomic E-state index is -0.517. The van der Waals surface area contributed by atoms with Crippen molar-refractivity contribution in [2.45, 2.75) is 19.9 Å². The van der Waals surface area contributed by atoms with Crippen LogP contribution < -0.4 is 19.5 Å². The second kappa shape index (κ2) is 11.0. The van der Waals surface area contributed by atoms with Crippen LogP contribution in [-0.2, 0) is 11.3 Å². The van der Waals surface area contributed by atoms with Gasteiger partial charge in [-0.3, -0.25) is 19.8 Å². The fourth-order valence-electron chi connectivity index (χ4n) is 2.97. The van der Waals surface area contributed by atoms with Crippen molar-refractivity contribution in [3.8, 4) is 17.2 Å². The van der Waals surface area contributed by atoms with Gasteiger partial charge in [0.2, 0.25) is 5.91 Å². The lowest BCUT2D eigenvalue weighted by molar-refractivity contribution is -0.384. The van der Waals surface area contributed by atoms with E-state index in [-0.39, 0.29) is 23.7 Å². The highest BCUT2D eigenvalue weighted by Gasteiger charge is 2.15. The molecule has 1 N–H and O–H groups in total. The third-order valence-electron chi connectivity index (χ3n) is 4.62. The third kappa shape index (κ3) is 6.08. The zero-order valence-corrected chi connectivity index (χ0v) is 17.6. The fraction of sp³-hybridized carbons (Fsp3) is 0.381. The summed E-state index contributed by atoms with van der Waals surface area (Å²) < 4.78 is 15.8. The molecule has 9 nitrogen and oxygen atoms in total. The van der Waals surface area contributed by atoms with Crippen molar-refractivity contribution >= 4 is 17.3 Å². The molecule has 0 unspecified atom stereocenters. The number of nitro benzene ring substituents is 1. The van der Waals surface area contributed by atoms with Crippen molar-refractivity contribution in [1.82, 2.24) is 4.90 Å². The lowest BCUT2D eigenvalue weighted by atomic mass is 10.1. The molecule has 2 aromatic carbocycles. The summed E-state index contributed by atoms with van der Waals surface area (Å²) in [4.78, 5) is 25.0. The number of ether oxygens (including phenoxy) is 3. The molecule has 0 saturated heterocycles. The summed E-state index contributed by atoms with van der Waals surface area (Å²) in [5.41, 5.74) is 1.20. The van der Waals surface area contributed by atoms with E-state index in [2.05, 4.69) is 10.2 Å². The van der Waals surface area contributed by atoms with E-state index in [1.54, 1.807) is 14.2 Å². The topological polar surface area (TPSA) is 103 Å². The van der Waals surface area contributed by atoms with Crippen LogP contribution in [0.2, 0.25) is 0 Å². The summed E-state index contributed by atoms with van der Waals surface area (Å²) in [5, 5.41) is 13.7. The Morgan fingerprint density at radius 3 is 2.30 bits per heavy atom. The fourth-order valence-corrected chi connectivity index (χ4v) is 2.97. The minimum absolute atomic E-state index is 0.116. The van der Waals surface area contributed by atoms with Gasteiger partial charge >= 0.3 is 0 Å². The van der Waals surface area contributed by atoms with Gasteiger partial charge in [0.1, 0.15) is 5.75 Å². The molecule has 162 valence electrons. The molecule has 9 heteroatoms. The number of amides is 1. The van der Waals surface area contributed by atoms with E-state index in [0.717, 1.165) is 12.1 Å². The first-order valence-corrected chi connectivity index (χ1v) is 9.47. The number of nitrogens with zero attached hydrogens (tertiary/aromatic N) is 2. The SMILES string of the molecule is CCN(CCC(=O)Nc1cc([N+](=O)[O-])ccc1OC)Cc1ccc(OC)c(OC)c1. The number of hydrogen-bond acceptors (Lipinski definition) is 7. The summed E-state index contributed by atoms with van der Waals surface area (Å²) in [7, 11) is 4.62. The van der Waals surface area contributed by atoms with E-state index in [1.165, 1.54) is 25.3 Å². The molecule has 0 aliphatic heterocycles. The summed E-state index contributed by atoms with van der Waals surface area (Å²) in [6, 6.07) is 9.80. The van der Waals surface area contributed by atoms with Crippen LogP contribution >= 0.6 is 0 Å². The first kappa shape index (κ1) is 23.0. The number of rotatable bonds is 11. The van der Waals surface area contributed by atoms with Crippen molar-refractivity contribution < 1.29 is 23.9 Å². The van der Waals surface area contributed by atoms with Gasteiger partial charge in [-0.05, 0) is 30.3 Å². The molecule has 0 atom stereocenters. The normalized spacial score (nSPS) is 10.6. The van der Waals surface area contributed by atoms with Gasteiger partial charge in [0, 0.05) is 31.6 Å². The van der Waals surface area contributed by atoms with Gasteiger partial charge in [-0.2, -0.15) is 0 Å². The van der Waals surface area contributed by atoms with Gasteiger partial charge in [0.05, 0.1) is 31.9 Å². The number of nitro groups is 1. The van der Waals surface area contributed by atoms with Gasteiger partial charge in [0.25, 0.3) is 5.69 Å². The predicted molar refractivity (Wildman–Crippen MR) is 113 cm³/mol. The molecule has 0 saturated carbocycles. The Balaban J connectivity index is 1.99. The standard InChI is InChI=1S/C21H27N3O6/c1-5-23(14-15-6-8-19(29-3)20(12-15)30-4)11-10-21(25)22-17-13-16(24(26)27)7-9-18(17)28-2/h6-9,12-13H,5,10-11,14H2,1-4H3,(H,22,25). The number of methoxy groups -OCH3 is 3. The number of benzene rings is 2. The number of carbonyl (C=O) groups excluding carboxylic acids is 1. The average molecular weight is 417 g/mol. The van der Waals surface area contributed by atoms with Gasteiger partial charge in [0.15, 0.2) is 11.5 Å². The molecule has 0 bridgehead atoms. The van der Waals surface area contributed by atoms with Crippen LogP contribution in [0.15, 0.2) is 36.4 Å². The molecule has 0 fully saturated rings. The third-order valence-corrected chi connectivity index (χ3v) is 4.62.